The van der Waals surface area contributed by atoms with E-state index >= 15 is 0 Å². The van der Waals surface area contributed by atoms with E-state index in [9.17, 15) is 4.79 Å². The van der Waals surface area contributed by atoms with Crippen molar-refractivity contribution >= 4 is 6.03 Å². The highest BCUT2D eigenvalue weighted by molar-refractivity contribution is 5.74. The smallest absolute Gasteiger partial charge is 0.317 e. The van der Waals surface area contributed by atoms with Gasteiger partial charge in [-0.05, 0) is 63.8 Å². The van der Waals surface area contributed by atoms with E-state index in [1.165, 1.54) is 25.8 Å². The first kappa shape index (κ1) is 22.5. The number of piperidine rings is 1. The maximum Gasteiger partial charge on any atom is 0.317 e. The van der Waals surface area contributed by atoms with Gasteiger partial charge in [-0.3, -0.25) is 0 Å². The fraction of sp³-hybridized carbons (Fsp3) is 0.696. The molecule has 1 fully saturated rings. The summed E-state index contributed by atoms with van der Waals surface area (Å²) in [6.45, 7) is 11.6. The monoisotopic (exact) mass is 389 g/mol. The molecule has 1 aromatic rings. The molecule has 0 spiro atoms. The summed E-state index contributed by atoms with van der Waals surface area (Å²) < 4.78 is 5.52. The van der Waals surface area contributed by atoms with Gasteiger partial charge in [0.25, 0.3) is 0 Å². The molecular formula is C23H39N3O2. The van der Waals surface area contributed by atoms with Crippen molar-refractivity contribution in [2.45, 2.75) is 71.9 Å². The van der Waals surface area contributed by atoms with Gasteiger partial charge >= 0.3 is 6.03 Å². The van der Waals surface area contributed by atoms with Crippen molar-refractivity contribution in [3.05, 3.63) is 29.8 Å². The molecule has 1 aliphatic heterocycles. The lowest BCUT2D eigenvalue weighted by Gasteiger charge is -2.34. The first-order valence-electron chi connectivity index (χ1n) is 11.1. The molecule has 5 nitrogen and oxygen atoms in total. The number of likely N-dealkylation sites (tertiary alicyclic amines) is 1. The van der Waals surface area contributed by atoms with Crippen LogP contribution in [0.25, 0.3) is 0 Å². The molecule has 0 radical (unpaired) electrons. The number of amides is 2. The third-order valence-corrected chi connectivity index (χ3v) is 5.52. The summed E-state index contributed by atoms with van der Waals surface area (Å²) >= 11 is 0. The lowest BCUT2D eigenvalue weighted by atomic mass is 10.0. The summed E-state index contributed by atoms with van der Waals surface area (Å²) in [7, 11) is 0. The molecule has 1 aliphatic rings. The summed E-state index contributed by atoms with van der Waals surface area (Å²) in [4.78, 5) is 17.3. The molecule has 1 aromatic carbocycles. The van der Waals surface area contributed by atoms with Crippen molar-refractivity contribution in [3.8, 4) is 5.75 Å². The van der Waals surface area contributed by atoms with E-state index in [1.54, 1.807) is 0 Å². The van der Waals surface area contributed by atoms with Crippen molar-refractivity contribution in [2.24, 2.45) is 0 Å². The Morgan fingerprint density at radius 1 is 1.21 bits per heavy atom. The first-order valence-corrected chi connectivity index (χ1v) is 11.1. The van der Waals surface area contributed by atoms with E-state index in [2.05, 4.69) is 36.2 Å². The van der Waals surface area contributed by atoms with Crippen LogP contribution in [0.3, 0.4) is 0 Å². The maximum atomic E-state index is 12.7. The largest absolute Gasteiger partial charge is 0.494 e. The average molecular weight is 390 g/mol. The molecule has 1 N–H and O–H groups in total. The summed E-state index contributed by atoms with van der Waals surface area (Å²) in [6, 6.07) is 8.82. The summed E-state index contributed by atoms with van der Waals surface area (Å²) in [6.07, 6.45) is 7.08. The van der Waals surface area contributed by atoms with Crippen LogP contribution in [0.5, 0.6) is 5.75 Å². The Morgan fingerprint density at radius 3 is 2.68 bits per heavy atom. The van der Waals surface area contributed by atoms with E-state index in [-0.39, 0.29) is 6.03 Å². The number of nitrogens with zero attached hydrogens (tertiary/aromatic N) is 2. The van der Waals surface area contributed by atoms with Crippen LogP contribution in [-0.4, -0.2) is 54.7 Å². The SMILES string of the molecule is CCCCNC(=O)N(CCCN1CCCCC1C)Cc1ccc(OCC)cc1. The van der Waals surface area contributed by atoms with Crippen molar-refractivity contribution in [3.63, 3.8) is 0 Å². The second-order valence-electron chi connectivity index (χ2n) is 7.82. The van der Waals surface area contributed by atoms with Crippen LogP contribution < -0.4 is 10.1 Å². The zero-order valence-electron chi connectivity index (χ0n) is 18.1. The van der Waals surface area contributed by atoms with E-state index < -0.39 is 0 Å². The molecule has 0 saturated carbocycles. The minimum atomic E-state index is 0.0500. The fourth-order valence-electron chi connectivity index (χ4n) is 3.77. The van der Waals surface area contributed by atoms with Gasteiger partial charge in [-0.1, -0.05) is 31.9 Å². The fourth-order valence-corrected chi connectivity index (χ4v) is 3.77. The number of carbonyl (C=O) groups excluding carboxylic acids is 1. The Balaban J connectivity index is 1.90. The number of urea groups is 1. The van der Waals surface area contributed by atoms with Gasteiger partial charge in [0.2, 0.25) is 0 Å². The molecule has 1 saturated heterocycles. The highest BCUT2D eigenvalue weighted by atomic mass is 16.5. The van der Waals surface area contributed by atoms with Crippen LogP contribution >= 0.6 is 0 Å². The Morgan fingerprint density at radius 2 is 2.00 bits per heavy atom. The molecule has 0 aliphatic carbocycles. The van der Waals surface area contributed by atoms with E-state index in [1.807, 2.05) is 24.0 Å². The lowest BCUT2D eigenvalue weighted by molar-refractivity contribution is 0.148. The number of carbonyl (C=O) groups is 1. The normalized spacial score (nSPS) is 17.3. The predicted molar refractivity (Wildman–Crippen MR) is 116 cm³/mol. The van der Waals surface area contributed by atoms with Crippen LogP contribution in [-0.2, 0) is 6.54 Å². The second kappa shape index (κ2) is 12.7. The van der Waals surface area contributed by atoms with Crippen LogP contribution in [0.1, 0.15) is 64.9 Å². The molecule has 2 amide bonds. The number of hydrogen-bond acceptors (Lipinski definition) is 3. The van der Waals surface area contributed by atoms with Gasteiger partial charge in [0.05, 0.1) is 6.61 Å². The van der Waals surface area contributed by atoms with Gasteiger partial charge in [-0.2, -0.15) is 0 Å². The Hall–Kier alpha value is -1.75. The number of unbranched alkanes of at least 4 members (excludes halogenated alkanes) is 1. The number of hydrogen-bond donors (Lipinski definition) is 1. The third kappa shape index (κ3) is 7.70. The standard InChI is InChI=1S/C23H39N3O2/c1-4-6-15-24-23(27)26(18-9-17-25-16-8-7-10-20(25)3)19-21-11-13-22(14-12-21)28-5-2/h11-14,20H,4-10,15-19H2,1-3H3,(H,24,27). The molecule has 28 heavy (non-hydrogen) atoms. The van der Waals surface area contributed by atoms with Crippen LogP contribution in [0.15, 0.2) is 24.3 Å². The van der Waals surface area contributed by atoms with Gasteiger partial charge in [0.15, 0.2) is 0 Å². The van der Waals surface area contributed by atoms with E-state index in [4.69, 9.17) is 4.74 Å². The van der Waals surface area contributed by atoms with Crippen molar-refractivity contribution in [1.82, 2.24) is 15.1 Å². The topological polar surface area (TPSA) is 44.8 Å². The number of benzene rings is 1. The lowest BCUT2D eigenvalue weighted by Crippen LogP contribution is -2.43. The molecule has 1 heterocycles. The van der Waals surface area contributed by atoms with Crippen LogP contribution in [0.4, 0.5) is 4.79 Å². The van der Waals surface area contributed by atoms with Gasteiger partial charge in [-0.15, -0.1) is 0 Å². The van der Waals surface area contributed by atoms with Crippen molar-refractivity contribution < 1.29 is 9.53 Å². The Bertz CT molecular complexity index is 561. The highest BCUT2D eigenvalue weighted by Gasteiger charge is 2.19. The number of nitrogens with one attached hydrogen (secondary N) is 1. The molecular weight excluding hydrogens is 350 g/mol. The van der Waals surface area contributed by atoms with E-state index in [0.717, 1.165) is 50.2 Å². The number of rotatable bonds is 11. The molecule has 158 valence electrons. The maximum absolute atomic E-state index is 12.7. The van der Waals surface area contributed by atoms with Crippen molar-refractivity contribution in [1.29, 1.82) is 0 Å². The van der Waals surface area contributed by atoms with E-state index in [0.29, 0.717) is 19.2 Å². The highest BCUT2D eigenvalue weighted by Crippen LogP contribution is 2.17. The number of ether oxygens (including phenoxy) is 1. The molecule has 0 bridgehead atoms. The van der Waals surface area contributed by atoms with Gasteiger partial charge in [0, 0.05) is 32.2 Å². The first-order chi connectivity index (χ1) is 13.6. The second-order valence-corrected chi connectivity index (χ2v) is 7.82. The molecule has 1 unspecified atom stereocenters. The summed E-state index contributed by atoms with van der Waals surface area (Å²) in [5.74, 6) is 0.879. The van der Waals surface area contributed by atoms with Crippen LogP contribution in [0.2, 0.25) is 0 Å². The zero-order valence-corrected chi connectivity index (χ0v) is 18.1. The Labute approximate surface area is 171 Å². The van der Waals surface area contributed by atoms with Crippen molar-refractivity contribution in [2.75, 3.05) is 32.8 Å². The Kier molecular flexibility index (Phi) is 10.2. The zero-order chi connectivity index (χ0) is 20.2. The minimum Gasteiger partial charge on any atom is -0.494 e. The van der Waals surface area contributed by atoms with Gasteiger partial charge in [-0.25, -0.2) is 4.79 Å². The molecule has 2 rings (SSSR count). The molecule has 1 atom stereocenters. The predicted octanol–water partition coefficient (Wildman–Crippen LogP) is 4.66. The van der Waals surface area contributed by atoms with Crippen LogP contribution in [0, 0.1) is 0 Å². The third-order valence-electron chi connectivity index (χ3n) is 5.52. The summed E-state index contributed by atoms with van der Waals surface area (Å²) in [5, 5.41) is 3.08. The molecule has 5 heteroatoms. The average Bonchev–Trinajstić information content (AvgIpc) is 2.70. The minimum absolute atomic E-state index is 0.0500. The molecule has 0 aromatic heterocycles. The van der Waals surface area contributed by atoms with Gasteiger partial charge in [0.1, 0.15) is 5.75 Å². The summed E-state index contributed by atoms with van der Waals surface area (Å²) in [5.41, 5.74) is 1.14. The van der Waals surface area contributed by atoms with Gasteiger partial charge < -0.3 is 19.9 Å². The quantitative estimate of drug-likeness (QED) is 0.560.